The third-order valence-corrected chi connectivity index (χ3v) is 7.06. The molecule has 0 fully saturated rings. The van der Waals surface area contributed by atoms with Gasteiger partial charge in [0.1, 0.15) is 10.7 Å². The molecule has 0 saturated carbocycles. The molecule has 0 aliphatic rings. The largest absolute Gasteiger partial charge is 0.377 e. The number of H-pyrrole nitrogens is 1. The number of thioether (sulfide) groups is 1. The standard InChI is InChI=1S/C22H27N3O3S2/c1-14-15(2)30-22-19(14)21(27)24-18(25-22)13-29-16(3)20(26)23-10-7-11-28-12-17-8-5-4-6-9-17/h4-6,8-9,16H,7,10-13H2,1-3H3,(H,23,26)(H,24,25,27). The smallest absolute Gasteiger partial charge is 0.259 e. The fourth-order valence-corrected chi connectivity index (χ4v) is 4.77. The Labute approximate surface area is 184 Å². The second kappa shape index (κ2) is 10.7. The van der Waals surface area contributed by atoms with Crippen molar-refractivity contribution in [1.29, 1.82) is 0 Å². The van der Waals surface area contributed by atoms with Crippen LogP contribution in [0.25, 0.3) is 10.2 Å². The monoisotopic (exact) mass is 445 g/mol. The first-order valence-electron chi connectivity index (χ1n) is 9.95. The summed E-state index contributed by atoms with van der Waals surface area (Å²) < 4.78 is 5.63. The van der Waals surface area contributed by atoms with E-state index in [1.807, 2.05) is 51.1 Å². The molecule has 0 spiro atoms. The van der Waals surface area contributed by atoms with Crippen molar-refractivity contribution < 1.29 is 9.53 Å². The van der Waals surface area contributed by atoms with E-state index in [0.717, 1.165) is 27.3 Å². The van der Waals surface area contributed by atoms with Gasteiger partial charge in [-0.15, -0.1) is 23.1 Å². The van der Waals surface area contributed by atoms with Crippen LogP contribution in [-0.4, -0.2) is 34.3 Å². The fourth-order valence-electron chi connectivity index (χ4n) is 2.94. The number of carbonyl (C=O) groups is 1. The van der Waals surface area contributed by atoms with Crippen LogP contribution in [0, 0.1) is 13.8 Å². The van der Waals surface area contributed by atoms with Gasteiger partial charge in [0.2, 0.25) is 5.91 Å². The minimum atomic E-state index is -0.233. The zero-order valence-corrected chi connectivity index (χ0v) is 19.1. The highest BCUT2D eigenvalue weighted by Gasteiger charge is 2.15. The Balaban J connectivity index is 1.38. The summed E-state index contributed by atoms with van der Waals surface area (Å²) in [7, 11) is 0. The first kappa shape index (κ1) is 22.5. The molecule has 160 valence electrons. The minimum Gasteiger partial charge on any atom is -0.377 e. The van der Waals surface area contributed by atoms with Crippen LogP contribution in [0.2, 0.25) is 0 Å². The summed E-state index contributed by atoms with van der Waals surface area (Å²) in [6.45, 7) is 7.56. The molecule has 1 unspecified atom stereocenters. The number of aryl methyl sites for hydroxylation is 2. The number of amides is 1. The van der Waals surface area contributed by atoms with Gasteiger partial charge in [-0.1, -0.05) is 30.3 Å². The molecule has 3 aromatic rings. The molecule has 2 heterocycles. The number of thiophene rings is 1. The van der Waals surface area contributed by atoms with E-state index in [1.165, 1.54) is 23.1 Å². The third-order valence-electron chi connectivity index (χ3n) is 4.80. The van der Waals surface area contributed by atoms with E-state index in [4.69, 9.17) is 4.74 Å². The lowest BCUT2D eigenvalue weighted by Gasteiger charge is -2.12. The molecular weight excluding hydrogens is 418 g/mol. The molecule has 0 bridgehead atoms. The zero-order chi connectivity index (χ0) is 21.5. The van der Waals surface area contributed by atoms with Crippen molar-refractivity contribution in [1.82, 2.24) is 15.3 Å². The summed E-state index contributed by atoms with van der Waals surface area (Å²) in [6.07, 6.45) is 0.762. The van der Waals surface area contributed by atoms with Crippen molar-refractivity contribution >= 4 is 39.2 Å². The number of aromatic amines is 1. The highest BCUT2D eigenvalue weighted by atomic mass is 32.2. The topological polar surface area (TPSA) is 84.1 Å². The molecule has 3 rings (SSSR count). The Hall–Kier alpha value is -2.16. The molecule has 0 saturated heterocycles. The third kappa shape index (κ3) is 5.93. The van der Waals surface area contributed by atoms with Crippen molar-refractivity contribution in [3.05, 3.63) is 62.5 Å². The first-order chi connectivity index (χ1) is 14.5. The quantitative estimate of drug-likeness (QED) is 0.462. The second-order valence-electron chi connectivity index (χ2n) is 7.11. The van der Waals surface area contributed by atoms with Crippen LogP contribution in [0.3, 0.4) is 0 Å². The van der Waals surface area contributed by atoms with E-state index >= 15 is 0 Å². The first-order valence-corrected chi connectivity index (χ1v) is 11.8. The van der Waals surface area contributed by atoms with Gasteiger partial charge in [0, 0.05) is 18.0 Å². The maximum Gasteiger partial charge on any atom is 0.259 e. The summed E-state index contributed by atoms with van der Waals surface area (Å²) in [4.78, 5) is 33.9. The van der Waals surface area contributed by atoms with Gasteiger partial charge >= 0.3 is 0 Å². The maximum atomic E-state index is 12.3. The van der Waals surface area contributed by atoms with E-state index in [-0.39, 0.29) is 16.7 Å². The van der Waals surface area contributed by atoms with E-state index in [0.29, 0.717) is 36.7 Å². The minimum absolute atomic E-state index is 0.0192. The van der Waals surface area contributed by atoms with Crippen LogP contribution < -0.4 is 10.9 Å². The second-order valence-corrected chi connectivity index (χ2v) is 9.64. The number of nitrogens with zero attached hydrogens (tertiary/aromatic N) is 1. The molecule has 8 heteroatoms. The van der Waals surface area contributed by atoms with E-state index in [2.05, 4.69) is 15.3 Å². The lowest BCUT2D eigenvalue weighted by Crippen LogP contribution is -2.32. The van der Waals surface area contributed by atoms with Crippen molar-refractivity contribution in [2.24, 2.45) is 0 Å². The predicted molar refractivity (Wildman–Crippen MR) is 124 cm³/mol. The molecule has 0 aliphatic carbocycles. The number of nitrogens with one attached hydrogen (secondary N) is 2. The highest BCUT2D eigenvalue weighted by Crippen LogP contribution is 2.26. The van der Waals surface area contributed by atoms with Crippen LogP contribution in [0.15, 0.2) is 35.1 Å². The molecule has 0 aliphatic heterocycles. The number of ether oxygens (including phenoxy) is 1. The molecule has 0 radical (unpaired) electrons. The van der Waals surface area contributed by atoms with Crippen molar-refractivity contribution in [3.8, 4) is 0 Å². The highest BCUT2D eigenvalue weighted by molar-refractivity contribution is 7.99. The Bertz CT molecular complexity index is 1050. The lowest BCUT2D eigenvalue weighted by molar-refractivity contribution is -0.120. The average Bonchev–Trinajstić information content (AvgIpc) is 3.03. The number of carbonyl (C=O) groups excluding carboxylic acids is 1. The zero-order valence-electron chi connectivity index (χ0n) is 17.5. The van der Waals surface area contributed by atoms with Gasteiger partial charge in [-0.3, -0.25) is 9.59 Å². The Morgan fingerprint density at radius 3 is 2.83 bits per heavy atom. The van der Waals surface area contributed by atoms with Crippen molar-refractivity contribution in [2.75, 3.05) is 13.2 Å². The van der Waals surface area contributed by atoms with Gasteiger partial charge in [-0.2, -0.15) is 0 Å². The number of benzene rings is 1. The number of hydrogen-bond donors (Lipinski definition) is 2. The number of aromatic nitrogens is 2. The van der Waals surface area contributed by atoms with Gasteiger partial charge in [0.15, 0.2) is 0 Å². The summed E-state index contributed by atoms with van der Waals surface area (Å²) in [5.41, 5.74) is 2.03. The van der Waals surface area contributed by atoms with Gasteiger partial charge in [0.05, 0.1) is 23.0 Å². The Kier molecular flexibility index (Phi) is 8.07. The molecular formula is C22H27N3O3S2. The summed E-state index contributed by atoms with van der Waals surface area (Å²) in [5.74, 6) is 1.07. The van der Waals surface area contributed by atoms with E-state index in [1.54, 1.807) is 0 Å². The SMILES string of the molecule is Cc1sc2nc(CSC(C)C(=O)NCCCOCc3ccccc3)[nH]c(=O)c2c1C. The van der Waals surface area contributed by atoms with Gasteiger partial charge in [-0.25, -0.2) is 4.98 Å². The van der Waals surface area contributed by atoms with Gasteiger partial charge in [0.25, 0.3) is 5.56 Å². The van der Waals surface area contributed by atoms with E-state index in [9.17, 15) is 9.59 Å². The maximum absolute atomic E-state index is 12.3. The molecule has 2 N–H and O–H groups in total. The Morgan fingerprint density at radius 2 is 2.07 bits per heavy atom. The molecule has 2 aromatic heterocycles. The molecule has 1 atom stereocenters. The lowest BCUT2D eigenvalue weighted by atomic mass is 10.2. The number of fused-ring (bicyclic) bond motifs is 1. The molecule has 1 aromatic carbocycles. The van der Waals surface area contributed by atoms with Gasteiger partial charge < -0.3 is 15.0 Å². The average molecular weight is 446 g/mol. The number of hydrogen-bond acceptors (Lipinski definition) is 6. The van der Waals surface area contributed by atoms with Crippen molar-refractivity contribution in [2.45, 2.75) is 44.8 Å². The molecule has 1 amide bonds. The Morgan fingerprint density at radius 1 is 1.30 bits per heavy atom. The summed E-state index contributed by atoms with van der Waals surface area (Å²) >= 11 is 2.99. The van der Waals surface area contributed by atoms with Crippen LogP contribution >= 0.6 is 23.1 Å². The summed E-state index contributed by atoms with van der Waals surface area (Å²) in [6, 6.07) is 10.0. The van der Waals surface area contributed by atoms with Crippen LogP contribution in [-0.2, 0) is 21.9 Å². The van der Waals surface area contributed by atoms with Crippen molar-refractivity contribution in [3.63, 3.8) is 0 Å². The molecule has 6 nitrogen and oxygen atoms in total. The van der Waals surface area contributed by atoms with Crippen LogP contribution in [0.4, 0.5) is 0 Å². The molecule has 30 heavy (non-hydrogen) atoms. The predicted octanol–water partition coefficient (Wildman–Crippen LogP) is 3.95. The van der Waals surface area contributed by atoms with Crippen LogP contribution in [0.1, 0.15) is 35.2 Å². The number of rotatable bonds is 10. The van der Waals surface area contributed by atoms with Gasteiger partial charge in [-0.05, 0) is 38.3 Å². The normalized spacial score (nSPS) is 12.2. The van der Waals surface area contributed by atoms with Crippen LogP contribution in [0.5, 0.6) is 0 Å². The fraction of sp³-hybridized carbons (Fsp3) is 0.409. The summed E-state index contributed by atoms with van der Waals surface area (Å²) in [5, 5.41) is 3.38. The van der Waals surface area contributed by atoms with E-state index < -0.39 is 0 Å².